The number of benzene rings is 1. The van der Waals surface area contributed by atoms with Gasteiger partial charge in [0, 0.05) is 10.0 Å². The highest BCUT2D eigenvalue weighted by molar-refractivity contribution is 6.35. The first-order chi connectivity index (χ1) is 11.0. The minimum atomic E-state index is -0.484. The van der Waals surface area contributed by atoms with Crippen molar-refractivity contribution >= 4 is 40.3 Å². The predicted molar refractivity (Wildman–Crippen MR) is 89.2 cm³/mol. The number of aryl methyl sites for hydroxylation is 1. The van der Waals surface area contributed by atoms with E-state index in [4.69, 9.17) is 27.9 Å². The summed E-state index contributed by atoms with van der Waals surface area (Å²) in [5, 5.41) is 1.15. The molecule has 2 aromatic heterocycles. The molecule has 0 fully saturated rings. The predicted octanol–water partition coefficient (Wildman–Crippen LogP) is 3.88. The van der Waals surface area contributed by atoms with Crippen LogP contribution in [-0.4, -0.2) is 27.6 Å². The Kier molecular flexibility index (Phi) is 4.24. The fraction of sp³-hybridized carbons (Fsp3) is 0.188. The summed E-state index contributed by atoms with van der Waals surface area (Å²) in [5.74, 6) is 0.294. The Morgan fingerprint density at radius 3 is 2.70 bits per heavy atom. The Morgan fingerprint density at radius 1 is 1.22 bits per heavy atom. The summed E-state index contributed by atoms with van der Waals surface area (Å²) in [7, 11) is 1.32. The van der Waals surface area contributed by atoms with Gasteiger partial charge in [-0.3, -0.25) is 0 Å². The van der Waals surface area contributed by atoms with Crippen LogP contribution in [0.25, 0.3) is 11.2 Å². The molecule has 0 atom stereocenters. The van der Waals surface area contributed by atoms with E-state index in [2.05, 4.69) is 9.97 Å². The van der Waals surface area contributed by atoms with E-state index in [1.807, 2.05) is 17.6 Å². The van der Waals surface area contributed by atoms with Crippen molar-refractivity contribution in [3.63, 3.8) is 0 Å². The maximum Gasteiger partial charge on any atom is 0.356 e. The van der Waals surface area contributed by atoms with Gasteiger partial charge in [0.25, 0.3) is 0 Å². The van der Waals surface area contributed by atoms with E-state index in [0.717, 1.165) is 11.4 Å². The van der Waals surface area contributed by atoms with Gasteiger partial charge in [-0.25, -0.2) is 14.8 Å². The molecule has 5 nitrogen and oxygen atoms in total. The number of rotatable bonds is 3. The molecule has 23 heavy (non-hydrogen) atoms. The van der Waals surface area contributed by atoms with E-state index in [0.29, 0.717) is 27.8 Å². The maximum absolute atomic E-state index is 11.7. The fourth-order valence-electron chi connectivity index (χ4n) is 2.34. The number of hydrogen-bond donors (Lipinski definition) is 0. The van der Waals surface area contributed by atoms with Gasteiger partial charge in [-0.1, -0.05) is 29.3 Å². The fourth-order valence-corrected chi connectivity index (χ4v) is 2.81. The van der Waals surface area contributed by atoms with Gasteiger partial charge >= 0.3 is 5.97 Å². The zero-order chi connectivity index (χ0) is 16.6. The molecule has 0 radical (unpaired) electrons. The highest BCUT2D eigenvalue weighted by Gasteiger charge is 2.14. The van der Waals surface area contributed by atoms with E-state index in [-0.39, 0.29) is 5.69 Å². The highest BCUT2D eigenvalue weighted by atomic mass is 35.5. The van der Waals surface area contributed by atoms with Crippen molar-refractivity contribution in [3.05, 3.63) is 57.5 Å². The molecule has 0 aliphatic carbocycles. The van der Waals surface area contributed by atoms with Crippen LogP contribution in [0, 0.1) is 6.92 Å². The summed E-state index contributed by atoms with van der Waals surface area (Å²) in [6, 6.07) is 8.69. The molecule has 0 aliphatic heterocycles. The molecule has 0 spiro atoms. The smallest absolute Gasteiger partial charge is 0.356 e. The van der Waals surface area contributed by atoms with E-state index in [9.17, 15) is 4.79 Å². The van der Waals surface area contributed by atoms with Gasteiger partial charge in [-0.2, -0.15) is 0 Å². The van der Waals surface area contributed by atoms with E-state index in [1.165, 1.54) is 7.11 Å². The monoisotopic (exact) mass is 349 g/mol. The number of carbonyl (C=O) groups excluding carboxylic acids is 1. The van der Waals surface area contributed by atoms with E-state index in [1.54, 1.807) is 24.3 Å². The van der Waals surface area contributed by atoms with Gasteiger partial charge in [-0.15, -0.1) is 0 Å². The average Bonchev–Trinajstić information content (AvgIpc) is 2.84. The van der Waals surface area contributed by atoms with Crippen molar-refractivity contribution in [2.24, 2.45) is 0 Å². The molecule has 0 saturated heterocycles. The Balaban J connectivity index is 2.08. The van der Waals surface area contributed by atoms with Crippen molar-refractivity contribution < 1.29 is 9.53 Å². The number of nitrogens with zero attached hydrogens (tertiary/aromatic N) is 3. The lowest BCUT2D eigenvalue weighted by Crippen LogP contribution is -2.07. The lowest BCUT2D eigenvalue weighted by atomic mass is 10.2. The molecule has 0 aliphatic rings. The van der Waals surface area contributed by atoms with Crippen molar-refractivity contribution in [2.45, 2.75) is 13.5 Å². The lowest BCUT2D eigenvalue weighted by Gasteiger charge is -2.09. The standard InChI is InChI=1S/C16H13Cl2N3O2/c1-9-19-13-5-6-14(16(22)23-2)20-15(13)21(9)8-10-3-4-11(17)7-12(10)18/h3-7H,8H2,1-2H3. The van der Waals surface area contributed by atoms with Gasteiger partial charge in [0.15, 0.2) is 11.3 Å². The number of halogens is 2. The first-order valence-electron chi connectivity index (χ1n) is 6.85. The highest BCUT2D eigenvalue weighted by Crippen LogP contribution is 2.24. The molecule has 0 amide bonds. The van der Waals surface area contributed by atoms with Crippen LogP contribution < -0.4 is 0 Å². The largest absolute Gasteiger partial charge is 0.464 e. The van der Waals surface area contributed by atoms with Crippen LogP contribution in [0.5, 0.6) is 0 Å². The molecule has 0 N–H and O–H groups in total. The third kappa shape index (κ3) is 3.02. The minimum absolute atomic E-state index is 0.239. The summed E-state index contributed by atoms with van der Waals surface area (Å²) >= 11 is 12.2. The van der Waals surface area contributed by atoms with Gasteiger partial charge in [-0.05, 0) is 36.8 Å². The van der Waals surface area contributed by atoms with Gasteiger partial charge in [0.05, 0.1) is 13.7 Å². The van der Waals surface area contributed by atoms with Crippen molar-refractivity contribution in [3.8, 4) is 0 Å². The van der Waals surface area contributed by atoms with Crippen LogP contribution in [0.2, 0.25) is 10.0 Å². The zero-order valence-electron chi connectivity index (χ0n) is 12.5. The maximum atomic E-state index is 11.7. The normalized spacial score (nSPS) is 11.0. The van der Waals surface area contributed by atoms with Gasteiger partial charge in [0.2, 0.25) is 0 Å². The molecule has 118 valence electrons. The molecular weight excluding hydrogens is 337 g/mol. The van der Waals surface area contributed by atoms with E-state index >= 15 is 0 Å². The Bertz CT molecular complexity index is 906. The molecule has 0 bridgehead atoms. The van der Waals surface area contributed by atoms with Crippen LogP contribution >= 0.6 is 23.2 Å². The van der Waals surface area contributed by atoms with Gasteiger partial charge in [0.1, 0.15) is 11.3 Å². The first kappa shape index (κ1) is 15.8. The van der Waals surface area contributed by atoms with Crippen LogP contribution in [0.1, 0.15) is 21.9 Å². The second-order valence-corrected chi connectivity index (χ2v) is 5.86. The molecule has 7 heteroatoms. The minimum Gasteiger partial charge on any atom is -0.464 e. The number of methoxy groups -OCH3 is 1. The third-order valence-electron chi connectivity index (χ3n) is 3.52. The second kappa shape index (κ2) is 6.18. The van der Waals surface area contributed by atoms with Crippen molar-refractivity contribution in [1.29, 1.82) is 0 Å². The van der Waals surface area contributed by atoms with Crippen LogP contribution in [0.15, 0.2) is 30.3 Å². The molecule has 0 saturated carbocycles. The molecule has 3 aromatic rings. The summed E-state index contributed by atoms with van der Waals surface area (Å²) in [5.41, 5.74) is 2.45. The number of fused-ring (bicyclic) bond motifs is 1. The quantitative estimate of drug-likeness (QED) is 0.673. The topological polar surface area (TPSA) is 57.0 Å². The molecule has 1 aromatic carbocycles. The molecular formula is C16H13Cl2N3O2. The lowest BCUT2D eigenvalue weighted by molar-refractivity contribution is 0.0594. The number of aromatic nitrogens is 3. The SMILES string of the molecule is COC(=O)c1ccc2nc(C)n(Cc3ccc(Cl)cc3Cl)c2n1. The molecule has 2 heterocycles. The number of esters is 1. The number of carbonyl (C=O) groups is 1. The third-order valence-corrected chi connectivity index (χ3v) is 4.11. The zero-order valence-corrected chi connectivity index (χ0v) is 14.0. The first-order valence-corrected chi connectivity index (χ1v) is 7.61. The summed E-state index contributed by atoms with van der Waals surface area (Å²) in [6.45, 7) is 2.36. The number of hydrogen-bond acceptors (Lipinski definition) is 4. The van der Waals surface area contributed by atoms with Crippen LogP contribution in [-0.2, 0) is 11.3 Å². The van der Waals surface area contributed by atoms with Crippen LogP contribution in [0.4, 0.5) is 0 Å². The second-order valence-electron chi connectivity index (χ2n) is 5.01. The Hall–Kier alpha value is -2.11. The summed E-state index contributed by atoms with van der Waals surface area (Å²) in [4.78, 5) is 20.5. The number of ether oxygens (including phenoxy) is 1. The Labute approximate surface area is 142 Å². The van der Waals surface area contributed by atoms with Crippen molar-refractivity contribution in [1.82, 2.24) is 14.5 Å². The molecule has 3 rings (SSSR count). The van der Waals surface area contributed by atoms with Gasteiger partial charge < -0.3 is 9.30 Å². The average molecular weight is 350 g/mol. The summed E-state index contributed by atoms with van der Waals surface area (Å²) < 4.78 is 6.62. The molecule has 0 unspecified atom stereocenters. The van der Waals surface area contributed by atoms with Crippen molar-refractivity contribution in [2.75, 3.05) is 7.11 Å². The van der Waals surface area contributed by atoms with Crippen LogP contribution in [0.3, 0.4) is 0 Å². The van der Waals surface area contributed by atoms with E-state index < -0.39 is 5.97 Å². The number of pyridine rings is 1. The number of imidazole rings is 1. The Morgan fingerprint density at radius 2 is 2.00 bits per heavy atom. The summed E-state index contributed by atoms with van der Waals surface area (Å²) in [6.07, 6.45) is 0.